The van der Waals surface area contributed by atoms with Crippen LogP contribution >= 0.6 is 11.6 Å². The maximum absolute atomic E-state index is 13.5. The highest BCUT2D eigenvalue weighted by atomic mass is 35.5. The van der Waals surface area contributed by atoms with Crippen LogP contribution in [0.25, 0.3) is 5.65 Å². The Balaban J connectivity index is 1.42. The van der Waals surface area contributed by atoms with Gasteiger partial charge in [-0.2, -0.15) is 13.2 Å². The monoisotopic (exact) mass is 526 g/mol. The minimum Gasteiger partial charge on any atom is -0.368 e. The summed E-state index contributed by atoms with van der Waals surface area (Å²) in [7, 11) is 0. The van der Waals surface area contributed by atoms with Crippen molar-refractivity contribution in [1.29, 1.82) is 0 Å². The van der Waals surface area contributed by atoms with E-state index < -0.39 is 17.7 Å². The molecule has 1 atom stereocenters. The number of halogens is 4. The second-order valence-corrected chi connectivity index (χ2v) is 9.73. The van der Waals surface area contributed by atoms with Crippen LogP contribution in [0.2, 0.25) is 5.02 Å². The summed E-state index contributed by atoms with van der Waals surface area (Å²) in [6, 6.07) is 16.6. The number of nitrogens with zero attached hydrogens (tertiary/aromatic N) is 4. The van der Waals surface area contributed by atoms with Gasteiger partial charge in [0.15, 0.2) is 0 Å². The normalized spacial score (nSPS) is 15.3. The second kappa shape index (κ2) is 10.1. The fourth-order valence-corrected chi connectivity index (χ4v) is 5.13. The van der Waals surface area contributed by atoms with E-state index in [2.05, 4.69) is 9.88 Å². The minimum absolute atomic E-state index is 0.0419. The molecule has 5 nitrogen and oxygen atoms in total. The van der Waals surface area contributed by atoms with Crippen molar-refractivity contribution in [3.05, 3.63) is 100 Å². The number of hydrogen-bond acceptors (Lipinski definition) is 3. The van der Waals surface area contributed by atoms with E-state index in [1.54, 1.807) is 17.2 Å². The quantitative estimate of drug-likeness (QED) is 0.311. The van der Waals surface area contributed by atoms with Gasteiger partial charge in [0.25, 0.3) is 0 Å². The fraction of sp³-hybridized carbons (Fsp3) is 0.286. The highest BCUT2D eigenvalue weighted by molar-refractivity contribution is 6.30. The van der Waals surface area contributed by atoms with E-state index in [1.165, 1.54) is 6.07 Å². The molecule has 5 rings (SSSR count). The van der Waals surface area contributed by atoms with Gasteiger partial charge < -0.3 is 14.2 Å². The van der Waals surface area contributed by atoms with Crippen LogP contribution in [0.3, 0.4) is 0 Å². The van der Waals surface area contributed by atoms with Crippen molar-refractivity contribution in [2.24, 2.45) is 0 Å². The summed E-state index contributed by atoms with van der Waals surface area (Å²) < 4.78 is 42.5. The first-order valence-electron chi connectivity index (χ1n) is 12.1. The molecule has 1 aliphatic rings. The first-order chi connectivity index (χ1) is 17.7. The fourth-order valence-electron chi connectivity index (χ4n) is 4.94. The zero-order valence-corrected chi connectivity index (χ0v) is 21.0. The maximum Gasteiger partial charge on any atom is 0.416 e. The van der Waals surface area contributed by atoms with Crippen LogP contribution in [0.1, 0.15) is 34.7 Å². The molecule has 192 valence electrons. The van der Waals surface area contributed by atoms with Gasteiger partial charge in [0, 0.05) is 61.6 Å². The highest BCUT2D eigenvalue weighted by Crippen LogP contribution is 2.35. The predicted molar refractivity (Wildman–Crippen MR) is 138 cm³/mol. The zero-order chi connectivity index (χ0) is 26.2. The van der Waals surface area contributed by atoms with Gasteiger partial charge >= 0.3 is 6.18 Å². The lowest BCUT2D eigenvalue weighted by molar-refractivity contribution is -0.137. The molecule has 2 aromatic carbocycles. The van der Waals surface area contributed by atoms with Crippen molar-refractivity contribution in [3.8, 4) is 0 Å². The topological polar surface area (TPSA) is 40.9 Å². The number of pyridine rings is 1. The molecule has 0 saturated carbocycles. The summed E-state index contributed by atoms with van der Waals surface area (Å²) >= 11 is 6.13. The summed E-state index contributed by atoms with van der Waals surface area (Å²) in [5.74, 6) is -0.687. The number of carbonyl (C=O) groups excluding carboxylic acids is 1. The Morgan fingerprint density at radius 2 is 1.78 bits per heavy atom. The minimum atomic E-state index is -4.47. The number of anilines is 1. The van der Waals surface area contributed by atoms with E-state index in [1.807, 2.05) is 53.9 Å². The van der Waals surface area contributed by atoms with Crippen LogP contribution in [0.15, 0.2) is 73.1 Å². The number of hydrogen-bond donors (Lipinski definition) is 0. The molecule has 0 N–H and O–H groups in total. The van der Waals surface area contributed by atoms with Gasteiger partial charge in [-0.25, -0.2) is 4.98 Å². The summed E-state index contributed by atoms with van der Waals surface area (Å²) in [4.78, 5) is 22.0. The lowest BCUT2D eigenvalue weighted by atomic mass is 9.90. The molecule has 1 amide bonds. The molecule has 1 fully saturated rings. The number of amides is 1. The van der Waals surface area contributed by atoms with E-state index in [9.17, 15) is 18.0 Å². The first-order valence-corrected chi connectivity index (χ1v) is 12.5. The number of imidazole rings is 1. The van der Waals surface area contributed by atoms with Crippen LogP contribution in [0.5, 0.6) is 0 Å². The Bertz CT molecular complexity index is 1430. The number of piperazine rings is 1. The van der Waals surface area contributed by atoms with Crippen LogP contribution < -0.4 is 4.90 Å². The Labute approximate surface area is 218 Å². The third-order valence-corrected chi connectivity index (χ3v) is 7.15. The standard InChI is InChI=1S/C28H26ClF3N4O/c1-19-5-4-10-36-25(18-33-27(19)36)24(20-6-2-7-21(15-20)28(30,31)32)17-26(37)35-13-11-34(12-14-35)23-9-3-8-22(29)16-23/h2-10,15-16,18,24H,11-14,17H2,1H3. The summed E-state index contributed by atoms with van der Waals surface area (Å²) in [5.41, 5.74) is 3.05. The molecule has 37 heavy (non-hydrogen) atoms. The van der Waals surface area contributed by atoms with Gasteiger partial charge in [-0.3, -0.25) is 4.79 Å². The molecule has 1 saturated heterocycles. The number of carbonyl (C=O) groups is 1. The van der Waals surface area contributed by atoms with Crippen LogP contribution in [0.4, 0.5) is 18.9 Å². The van der Waals surface area contributed by atoms with Crippen LogP contribution in [0, 0.1) is 6.92 Å². The van der Waals surface area contributed by atoms with Crippen LogP contribution in [-0.4, -0.2) is 46.4 Å². The lowest BCUT2D eigenvalue weighted by Gasteiger charge is -2.36. The van der Waals surface area contributed by atoms with E-state index in [4.69, 9.17) is 11.6 Å². The summed E-state index contributed by atoms with van der Waals surface area (Å²) in [6.07, 6.45) is -0.936. The van der Waals surface area contributed by atoms with Gasteiger partial charge in [0.2, 0.25) is 5.91 Å². The average molecular weight is 527 g/mol. The lowest BCUT2D eigenvalue weighted by Crippen LogP contribution is -2.49. The maximum atomic E-state index is 13.5. The number of fused-ring (bicyclic) bond motifs is 1. The molecule has 9 heteroatoms. The molecular formula is C28H26ClF3N4O. The number of rotatable bonds is 5. The summed E-state index contributed by atoms with van der Waals surface area (Å²) in [5, 5.41) is 0.656. The van der Waals surface area contributed by atoms with Crippen LogP contribution in [-0.2, 0) is 11.0 Å². The number of alkyl halides is 3. The van der Waals surface area contributed by atoms with E-state index >= 15 is 0 Å². The van der Waals surface area contributed by atoms with E-state index in [0.29, 0.717) is 42.5 Å². The third-order valence-electron chi connectivity index (χ3n) is 6.92. The predicted octanol–water partition coefficient (Wildman–Crippen LogP) is 6.19. The number of aryl methyl sites for hydroxylation is 1. The van der Waals surface area contributed by atoms with Crippen molar-refractivity contribution < 1.29 is 18.0 Å². The van der Waals surface area contributed by atoms with E-state index in [0.717, 1.165) is 29.0 Å². The van der Waals surface area contributed by atoms with Crippen molar-refractivity contribution in [2.45, 2.75) is 25.4 Å². The Kier molecular flexibility index (Phi) is 6.86. The largest absolute Gasteiger partial charge is 0.416 e. The van der Waals surface area contributed by atoms with Gasteiger partial charge in [0.1, 0.15) is 5.65 Å². The molecular weight excluding hydrogens is 501 g/mol. The highest BCUT2D eigenvalue weighted by Gasteiger charge is 2.33. The molecule has 0 radical (unpaired) electrons. The van der Waals surface area contributed by atoms with Crippen molar-refractivity contribution in [3.63, 3.8) is 0 Å². The van der Waals surface area contributed by atoms with Crippen molar-refractivity contribution in [1.82, 2.24) is 14.3 Å². The average Bonchev–Trinajstić information content (AvgIpc) is 3.32. The Morgan fingerprint density at radius 3 is 2.51 bits per heavy atom. The van der Waals surface area contributed by atoms with Gasteiger partial charge in [-0.1, -0.05) is 41.9 Å². The van der Waals surface area contributed by atoms with Gasteiger partial charge in [0.05, 0.1) is 11.3 Å². The Morgan fingerprint density at radius 1 is 1.03 bits per heavy atom. The second-order valence-electron chi connectivity index (χ2n) is 9.30. The molecule has 1 unspecified atom stereocenters. The number of aromatic nitrogens is 2. The van der Waals surface area contributed by atoms with Crippen molar-refractivity contribution in [2.75, 3.05) is 31.1 Å². The molecule has 0 bridgehead atoms. The molecule has 1 aliphatic heterocycles. The zero-order valence-electron chi connectivity index (χ0n) is 20.3. The van der Waals surface area contributed by atoms with E-state index in [-0.39, 0.29) is 12.3 Å². The van der Waals surface area contributed by atoms with Gasteiger partial charge in [-0.05, 0) is 48.4 Å². The molecule has 0 aliphatic carbocycles. The molecule has 2 aromatic heterocycles. The molecule has 3 heterocycles. The molecule has 4 aromatic rings. The van der Waals surface area contributed by atoms with Crippen molar-refractivity contribution >= 4 is 28.8 Å². The number of benzene rings is 2. The summed E-state index contributed by atoms with van der Waals surface area (Å²) in [6.45, 7) is 4.26. The third kappa shape index (κ3) is 5.30. The first kappa shape index (κ1) is 25.1. The molecule has 0 spiro atoms. The SMILES string of the molecule is Cc1cccn2c(C(CC(=O)N3CCN(c4cccc(Cl)c4)CC3)c3cccc(C(F)(F)F)c3)cnc12. The smallest absolute Gasteiger partial charge is 0.368 e. The van der Waals surface area contributed by atoms with Gasteiger partial charge in [-0.15, -0.1) is 0 Å². The Hall–Kier alpha value is -3.52.